The maximum Gasteiger partial charge on any atom is 0.167 e. The zero-order valence-corrected chi connectivity index (χ0v) is 15.1. The summed E-state index contributed by atoms with van der Waals surface area (Å²) in [4.78, 5) is 13.3. The minimum absolute atomic E-state index is 0.112. The van der Waals surface area contributed by atoms with Crippen molar-refractivity contribution >= 4 is 11.2 Å². The van der Waals surface area contributed by atoms with E-state index in [1.807, 2.05) is 18.4 Å². The van der Waals surface area contributed by atoms with E-state index in [0.717, 1.165) is 6.42 Å². The van der Waals surface area contributed by atoms with Crippen molar-refractivity contribution in [3.8, 4) is 12.3 Å². The molecule has 3 aliphatic rings. The van der Waals surface area contributed by atoms with Crippen LogP contribution in [0.2, 0.25) is 0 Å². The summed E-state index contributed by atoms with van der Waals surface area (Å²) in [6.07, 6.45) is 7.58. The molecule has 5 rings (SSSR count). The molecule has 0 amide bonds. The first-order valence-corrected chi connectivity index (χ1v) is 9.00. The lowest BCUT2D eigenvalue weighted by Gasteiger charge is -2.23. The average molecular weight is 371 g/mol. The molecule has 3 saturated heterocycles. The van der Waals surface area contributed by atoms with Crippen LogP contribution in [-0.2, 0) is 18.9 Å². The second kappa shape index (κ2) is 5.95. The van der Waals surface area contributed by atoms with Crippen molar-refractivity contribution in [1.82, 2.24) is 19.5 Å². The minimum Gasteiger partial charge on any atom is -0.370 e. The third-order valence-electron chi connectivity index (χ3n) is 5.26. The van der Waals surface area contributed by atoms with Gasteiger partial charge >= 0.3 is 0 Å². The summed E-state index contributed by atoms with van der Waals surface area (Å²) in [5.74, 6) is 1.92. The van der Waals surface area contributed by atoms with Gasteiger partial charge in [0.05, 0.1) is 6.33 Å². The van der Waals surface area contributed by atoms with Gasteiger partial charge in [-0.05, 0) is 20.3 Å². The maximum absolute atomic E-state index is 6.16. The second-order valence-corrected chi connectivity index (χ2v) is 7.51. The molecule has 0 spiro atoms. The molecule has 0 aliphatic carbocycles. The van der Waals surface area contributed by atoms with Crippen LogP contribution in [0.3, 0.4) is 0 Å². The van der Waals surface area contributed by atoms with Gasteiger partial charge in [0, 0.05) is 12.6 Å². The molecule has 6 atom stereocenters. The number of nitrogens with zero attached hydrogens (tertiary/aromatic N) is 4. The van der Waals surface area contributed by atoms with Gasteiger partial charge in [-0.15, -0.1) is 6.42 Å². The molecule has 0 radical (unpaired) electrons. The monoisotopic (exact) mass is 371 g/mol. The van der Waals surface area contributed by atoms with Crippen LogP contribution < -0.4 is 5.73 Å². The largest absolute Gasteiger partial charge is 0.370 e. The molecular formula is C18H21N5O4. The van der Waals surface area contributed by atoms with Crippen molar-refractivity contribution in [3.63, 3.8) is 0 Å². The highest BCUT2D eigenvalue weighted by molar-refractivity contribution is 5.73. The zero-order chi connectivity index (χ0) is 18.8. The predicted molar refractivity (Wildman–Crippen MR) is 93.2 cm³/mol. The standard InChI is InChI=1S/C18H21N5O4/c1-4-10-14-15(27-18(2,3)26-14)17(25-10)23-8-22-12-11(20-7-21-16(12)23)13-9(19)5-6-24-13/h1,7-10,13-15,17H,5-6,19H2,2-3H3/t9?,10-,13?,14-,15-,17-/m1/s1. The molecule has 0 aromatic carbocycles. The highest BCUT2D eigenvalue weighted by atomic mass is 16.8. The molecule has 2 N–H and O–H groups in total. The van der Waals surface area contributed by atoms with Gasteiger partial charge in [-0.2, -0.15) is 0 Å². The summed E-state index contributed by atoms with van der Waals surface area (Å²) >= 11 is 0. The Morgan fingerprint density at radius 2 is 2.07 bits per heavy atom. The van der Waals surface area contributed by atoms with E-state index >= 15 is 0 Å². The van der Waals surface area contributed by atoms with E-state index in [2.05, 4.69) is 20.9 Å². The summed E-state index contributed by atoms with van der Waals surface area (Å²) in [6.45, 7) is 4.33. The van der Waals surface area contributed by atoms with Crippen molar-refractivity contribution in [2.45, 2.75) is 62.7 Å². The van der Waals surface area contributed by atoms with E-state index in [-0.39, 0.29) is 24.4 Å². The molecule has 27 heavy (non-hydrogen) atoms. The number of terminal acetylenes is 1. The van der Waals surface area contributed by atoms with Gasteiger partial charge in [-0.25, -0.2) is 15.0 Å². The fourth-order valence-corrected chi connectivity index (χ4v) is 4.09. The van der Waals surface area contributed by atoms with Gasteiger partial charge in [0.2, 0.25) is 0 Å². The highest BCUT2D eigenvalue weighted by Gasteiger charge is 2.55. The van der Waals surface area contributed by atoms with Gasteiger partial charge in [0.15, 0.2) is 17.7 Å². The van der Waals surface area contributed by atoms with Gasteiger partial charge in [0.1, 0.15) is 42.0 Å². The molecule has 3 aliphatic heterocycles. The fourth-order valence-electron chi connectivity index (χ4n) is 4.09. The Hall–Kier alpha value is -2.09. The first-order chi connectivity index (χ1) is 13.0. The number of rotatable bonds is 2. The van der Waals surface area contributed by atoms with Crippen LogP contribution in [0.5, 0.6) is 0 Å². The van der Waals surface area contributed by atoms with E-state index in [9.17, 15) is 0 Å². The molecule has 142 valence electrons. The Bertz CT molecular complexity index is 922. The number of aromatic nitrogens is 4. The van der Waals surface area contributed by atoms with Crippen LogP contribution in [0.1, 0.15) is 38.3 Å². The fraction of sp³-hybridized carbons (Fsp3) is 0.611. The van der Waals surface area contributed by atoms with E-state index < -0.39 is 18.1 Å². The van der Waals surface area contributed by atoms with Crippen molar-refractivity contribution in [1.29, 1.82) is 0 Å². The lowest BCUT2D eigenvalue weighted by molar-refractivity contribution is -0.190. The van der Waals surface area contributed by atoms with Crippen LogP contribution in [0, 0.1) is 12.3 Å². The quantitative estimate of drug-likeness (QED) is 0.768. The summed E-state index contributed by atoms with van der Waals surface area (Å²) in [5.41, 5.74) is 8.12. The number of imidazole rings is 1. The predicted octanol–water partition coefficient (Wildman–Crippen LogP) is 0.666. The molecule has 9 heteroatoms. The molecular weight excluding hydrogens is 350 g/mol. The lowest BCUT2D eigenvalue weighted by atomic mass is 10.1. The summed E-state index contributed by atoms with van der Waals surface area (Å²) < 4.78 is 25.6. The highest BCUT2D eigenvalue weighted by Crippen LogP contribution is 2.43. The number of nitrogens with two attached hydrogens (primary N) is 1. The molecule has 2 unspecified atom stereocenters. The topological polar surface area (TPSA) is 107 Å². The second-order valence-electron chi connectivity index (χ2n) is 7.51. The maximum atomic E-state index is 6.16. The van der Waals surface area contributed by atoms with Crippen LogP contribution in [0.4, 0.5) is 0 Å². The van der Waals surface area contributed by atoms with Gasteiger partial charge in [0.25, 0.3) is 0 Å². The van der Waals surface area contributed by atoms with Gasteiger partial charge < -0.3 is 24.7 Å². The van der Waals surface area contributed by atoms with Crippen LogP contribution in [0.15, 0.2) is 12.7 Å². The zero-order valence-electron chi connectivity index (χ0n) is 15.1. The Labute approximate surface area is 156 Å². The average Bonchev–Trinajstić information content (AvgIpc) is 3.37. The van der Waals surface area contributed by atoms with Crippen molar-refractivity contribution in [2.24, 2.45) is 5.73 Å². The van der Waals surface area contributed by atoms with Gasteiger partial charge in [-0.1, -0.05) is 5.92 Å². The SMILES string of the molecule is C#C[C@H]1O[C@@H](n2cnc3c(C4OCCC4N)ncnc32)[C@@H]2OC(C)(C)O[C@@H]21. The molecule has 0 saturated carbocycles. The molecule has 5 heterocycles. The van der Waals surface area contributed by atoms with Crippen LogP contribution >= 0.6 is 0 Å². The lowest BCUT2D eigenvalue weighted by Crippen LogP contribution is -2.28. The minimum atomic E-state index is -0.729. The number of ether oxygens (including phenoxy) is 4. The van der Waals surface area contributed by atoms with E-state index in [1.165, 1.54) is 6.33 Å². The summed E-state index contributed by atoms with van der Waals surface area (Å²) in [7, 11) is 0. The molecule has 9 nitrogen and oxygen atoms in total. The third kappa shape index (κ3) is 2.56. The van der Waals surface area contributed by atoms with Crippen molar-refractivity contribution in [2.75, 3.05) is 6.61 Å². The first-order valence-electron chi connectivity index (χ1n) is 9.00. The molecule has 2 aromatic rings. The first kappa shape index (κ1) is 17.0. The van der Waals surface area contributed by atoms with E-state index in [1.54, 1.807) is 6.33 Å². The normalized spacial score (nSPS) is 37.6. The van der Waals surface area contributed by atoms with E-state index in [4.69, 9.17) is 31.1 Å². The molecule has 0 bridgehead atoms. The van der Waals surface area contributed by atoms with Crippen molar-refractivity contribution in [3.05, 3.63) is 18.3 Å². The number of fused-ring (bicyclic) bond motifs is 2. The Kier molecular flexibility index (Phi) is 3.76. The molecule has 2 aromatic heterocycles. The Balaban J connectivity index is 1.55. The Morgan fingerprint density at radius 1 is 1.26 bits per heavy atom. The number of hydrogen-bond acceptors (Lipinski definition) is 8. The van der Waals surface area contributed by atoms with Crippen LogP contribution in [0.25, 0.3) is 11.2 Å². The smallest absolute Gasteiger partial charge is 0.167 e. The summed E-state index contributed by atoms with van der Waals surface area (Å²) in [6, 6.07) is -0.112. The third-order valence-corrected chi connectivity index (χ3v) is 5.26. The molecule has 3 fully saturated rings. The summed E-state index contributed by atoms with van der Waals surface area (Å²) in [5, 5.41) is 0. The number of hydrogen-bond donors (Lipinski definition) is 1. The van der Waals surface area contributed by atoms with Crippen molar-refractivity contribution < 1.29 is 18.9 Å². The van der Waals surface area contributed by atoms with E-state index in [0.29, 0.717) is 23.5 Å². The Morgan fingerprint density at radius 3 is 2.81 bits per heavy atom. The van der Waals surface area contributed by atoms with Gasteiger partial charge in [-0.3, -0.25) is 4.57 Å². The van der Waals surface area contributed by atoms with Crippen LogP contribution in [-0.4, -0.2) is 56.3 Å².